The van der Waals surface area contributed by atoms with Crippen LogP contribution < -0.4 is 0 Å². The molecule has 0 aliphatic carbocycles. The van der Waals surface area contributed by atoms with Gasteiger partial charge in [0.2, 0.25) is 0 Å². The van der Waals surface area contributed by atoms with Gasteiger partial charge >= 0.3 is 11.9 Å². The Morgan fingerprint density at radius 3 is 2.47 bits per heavy atom. The van der Waals surface area contributed by atoms with Crippen LogP contribution in [0.15, 0.2) is 46.9 Å². The molecule has 1 N–H and O–H groups in total. The Labute approximate surface area is 192 Å². The van der Waals surface area contributed by atoms with Gasteiger partial charge in [0.05, 0.1) is 25.8 Å². The first kappa shape index (κ1) is 21.7. The molecule has 7 nitrogen and oxygen atoms in total. The number of amides is 1. The van der Waals surface area contributed by atoms with Crippen molar-refractivity contribution in [1.29, 1.82) is 0 Å². The summed E-state index contributed by atoms with van der Waals surface area (Å²) < 4.78 is 10.7. The van der Waals surface area contributed by atoms with E-state index < -0.39 is 29.9 Å². The highest BCUT2D eigenvalue weighted by Gasteiger charge is 2.43. The van der Waals surface area contributed by atoms with Crippen molar-refractivity contribution < 1.29 is 23.9 Å². The second kappa shape index (κ2) is 8.52. The number of nitrogens with one attached hydrogen (secondary N) is 1. The third-order valence-corrected chi connectivity index (χ3v) is 6.16. The molecule has 1 aliphatic heterocycles. The summed E-state index contributed by atoms with van der Waals surface area (Å²) in [5.74, 6) is 0.480. The highest BCUT2D eigenvalue weighted by molar-refractivity contribution is 9.10. The fraction of sp³-hybridized carbons (Fsp3) is 0.208. The van der Waals surface area contributed by atoms with Crippen molar-refractivity contribution >= 4 is 44.7 Å². The van der Waals surface area contributed by atoms with E-state index in [1.54, 1.807) is 24.3 Å². The van der Waals surface area contributed by atoms with Crippen molar-refractivity contribution in [1.82, 2.24) is 9.88 Å². The number of halogens is 1. The smallest absolute Gasteiger partial charge is 0.337 e. The summed E-state index contributed by atoms with van der Waals surface area (Å²) in [5.41, 5.74) is 3.58. The molecule has 1 aromatic heterocycles. The number of H-pyrrole nitrogens is 1. The number of terminal acetylenes is 1. The number of rotatable bonds is 3. The minimum atomic E-state index is -0.903. The lowest BCUT2D eigenvalue weighted by atomic mass is 9.87. The SMILES string of the molecule is C#CC(=O)N1[C@@H](c2ccc(C(=O)OC)cc2)c2[nH]c3ccc(Br)cc3c2C[C@@H]1C(=O)OC. The van der Waals surface area contributed by atoms with Crippen molar-refractivity contribution in [3.63, 3.8) is 0 Å². The van der Waals surface area contributed by atoms with E-state index in [1.165, 1.54) is 19.1 Å². The third-order valence-electron chi connectivity index (χ3n) is 5.66. The predicted octanol–water partition coefficient (Wildman–Crippen LogP) is 3.37. The number of carbonyl (C=O) groups is 3. The van der Waals surface area contributed by atoms with Gasteiger partial charge in [-0.1, -0.05) is 28.1 Å². The number of nitrogens with zero attached hydrogens (tertiary/aromatic N) is 1. The molecule has 2 atom stereocenters. The summed E-state index contributed by atoms with van der Waals surface area (Å²) in [6.45, 7) is 0. The normalized spacial score (nSPS) is 17.4. The quantitative estimate of drug-likeness (QED) is 0.445. The summed E-state index contributed by atoms with van der Waals surface area (Å²) in [4.78, 5) is 42.2. The van der Waals surface area contributed by atoms with Gasteiger partial charge in [0.1, 0.15) is 6.04 Å². The number of fused-ring (bicyclic) bond motifs is 3. The van der Waals surface area contributed by atoms with Crippen LogP contribution >= 0.6 is 15.9 Å². The first-order chi connectivity index (χ1) is 15.4. The van der Waals surface area contributed by atoms with Crippen molar-refractivity contribution in [3.8, 4) is 12.3 Å². The molecular formula is C24H19BrN2O5. The highest BCUT2D eigenvalue weighted by Crippen LogP contribution is 2.41. The standard InChI is InChI=1S/C24H19BrN2O5/c1-4-20(28)27-19(24(30)32-3)12-17-16-11-15(25)9-10-18(16)26-21(17)22(27)13-5-7-14(8-6-13)23(29)31-2/h1,5-11,19,22,26H,12H2,2-3H3/t19-,22+/m1/s1. The number of hydrogen-bond acceptors (Lipinski definition) is 5. The van der Waals surface area contributed by atoms with E-state index in [0.29, 0.717) is 11.1 Å². The average Bonchev–Trinajstić information content (AvgIpc) is 3.18. The van der Waals surface area contributed by atoms with Crippen LogP contribution in [0.25, 0.3) is 10.9 Å². The van der Waals surface area contributed by atoms with E-state index in [1.807, 2.05) is 18.2 Å². The molecule has 2 heterocycles. The first-order valence-corrected chi connectivity index (χ1v) is 10.5. The Morgan fingerprint density at radius 1 is 1.12 bits per heavy atom. The second-order valence-electron chi connectivity index (χ2n) is 7.32. The fourth-order valence-electron chi connectivity index (χ4n) is 4.22. The molecule has 0 saturated carbocycles. The van der Waals surface area contributed by atoms with Gasteiger partial charge in [-0.25, -0.2) is 9.59 Å². The number of benzene rings is 2. The van der Waals surface area contributed by atoms with Gasteiger partial charge in [0, 0.05) is 27.5 Å². The molecule has 0 bridgehead atoms. The lowest BCUT2D eigenvalue weighted by Crippen LogP contribution is -2.51. The lowest BCUT2D eigenvalue weighted by Gasteiger charge is -2.39. The van der Waals surface area contributed by atoms with Crippen LogP contribution in [0.2, 0.25) is 0 Å². The van der Waals surface area contributed by atoms with E-state index in [0.717, 1.165) is 26.6 Å². The molecule has 0 radical (unpaired) electrons. The summed E-state index contributed by atoms with van der Waals surface area (Å²) in [6.07, 6.45) is 5.73. The maximum absolute atomic E-state index is 12.9. The lowest BCUT2D eigenvalue weighted by molar-refractivity contribution is -0.153. The molecule has 0 saturated heterocycles. The average molecular weight is 495 g/mol. The number of hydrogen-bond donors (Lipinski definition) is 1. The zero-order chi connectivity index (χ0) is 23.0. The zero-order valence-corrected chi connectivity index (χ0v) is 18.9. The van der Waals surface area contributed by atoms with Gasteiger partial charge < -0.3 is 19.4 Å². The molecular weight excluding hydrogens is 476 g/mol. The molecule has 3 aromatic rings. The zero-order valence-electron chi connectivity index (χ0n) is 17.3. The molecule has 2 aromatic carbocycles. The summed E-state index contributed by atoms with van der Waals surface area (Å²) >= 11 is 3.50. The van der Waals surface area contributed by atoms with Crippen LogP contribution in [0.3, 0.4) is 0 Å². The molecule has 0 unspecified atom stereocenters. The minimum absolute atomic E-state index is 0.253. The molecule has 1 amide bonds. The van der Waals surface area contributed by atoms with E-state index in [-0.39, 0.29) is 6.42 Å². The van der Waals surface area contributed by atoms with E-state index in [2.05, 4.69) is 26.8 Å². The van der Waals surface area contributed by atoms with Crippen LogP contribution in [0.5, 0.6) is 0 Å². The Morgan fingerprint density at radius 2 is 1.84 bits per heavy atom. The summed E-state index contributed by atoms with van der Waals surface area (Å²) in [7, 11) is 2.59. The summed E-state index contributed by atoms with van der Waals surface area (Å²) in [6, 6.07) is 10.9. The van der Waals surface area contributed by atoms with Crippen LogP contribution in [0, 0.1) is 12.3 Å². The maximum Gasteiger partial charge on any atom is 0.337 e. The Hall–Kier alpha value is -3.57. The van der Waals surface area contributed by atoms with Crippen LogP contribution in [0.4, 0.5) is 0 Å². The first-order valence-electron chi connectivity index (χ1n) is 9.74. The minimum Gasteiger partial charge on any atom is -0.467 e. The highest BCUT2D eigenvalue weighted by atomic mass is 79.9. The fourth-order valence-corrected chi connectivity index (χ4v) is 4.58. The molecule has 0 fully saturated rings. The molecule has 0 spiro atoms. The van der Waals surface area contributed by atoms with E-state index in [4.69, 9.17) is 15.9 Å². The predicted molar refractivity (Wildman–Crippen MR) is 121 cm³/mol. The van der Waals surface area contributed by atoms with Gasteiger partial charge in [0.15, 0.2) is 0 Å². The van der Waals surface area contributed by atoms with Crippen molar-refractivity contribution in [2.45, 2.75) is 18.5 Å². The van der Waals surface area contributed by atoms with Crippen LogP contribution in [-0.4, -0.2) is 48.0 Å². The monoisotopic (exact) mass is 494 g/mol. The molecule has 1 aliphatic rings. The largest absolute Gasteiger partial charge is 0.467 e. The number of ether oxygens (including phenoxy) is 2. The van der Waals surface area contributed by atoms with Gasteiger partial charge in [-0.15, -0.1) is 6.42 Å². The molecule has 32 heavy (non-hydrogen) atoms. The van der Waals surface area contributed by atoms with E-state index >= 15 is 0 Å². The third kappa shape index (κ3) is 3.55. The Balaban J connectivity index is 1.95. The van der Waals surface area contributed by atoms with Crippen molar-refractivity contribution in [2.24, 2.45) is 0 Å². The van der Waals surface area contributed by atoms with Gasteiger partial charge in [-0.2, -0.15) is 0 Å². The van der Waals surface area contributed by atoms with Gasteiger partial charge in [-0.3, -0.25) is 4.79 Å². The Bertz CT molecular complexity index is 1270. The van der Waals surface area contributed by atoms with Gasteiger partial charge in [0.25, 0.3) is 5.91 Å². The molecule has 4 rings (SSSR count). The van der Waals surface area contributed by atoms with Crippen LogP contribution in [-0.2, 0) is 25.5 Å². The maximum atomic E-state index is 12.9. The topological polar surface area (TPSA) is 88.7 Å². The number of aromatic amines is 1. The molecule has 162 valence electrons. The van der Waals surface area contributed by atoms with Crippen molar-refractivity contribution in [3.05, 3.63) is 69.3 Å². The number of esters is 2. The molecule has 8 heteroatoms. The summed E-state index contributed by atoms with van der Waals surface area (Å²) in [5, 5.41) is 0.937. The van der Waals surface area contributed by atoms with E-state index in [9.17, 15) is 14.4 Å². The number of carbonyl (C=O) groups excluding carboxylic acids is 3. The van der Waals surface area contributed by atoms with Gasteiger partial charge in [-0.05, 0) is 47.4 Å². The van der Waals surface area contributed by atoms with Crippen molar-refractivity contribution in [2.75, 3.05) is 14.2 Å². The number of methoxy groups -OCH3 is 2. The number of aromatic nitrogens is 1. The van der Waals surface area contributed by atoms with Crippen LogP contribution in [0.1, 0.15) is 33.2 Å². The Kier molecular flexibility index (Phi) is 5.76. The second-order valence-corrected chi connectivity index (χ2v) is 8.24.